The molecule has 1 N–H and O–H groups in total. The Bertz CT molecular complexity index is 606. The Morgan fingerprint density at radius 1 is 1.25 bits per heavy atom. The highest BCUT2D eigenvalue weighted by Gasteiger charge is 2.04. The van der Waals surface area contributed by atoms with Crippen molar-refractivity contribution >= 4 is 23.6 Å². The first kappa shape index (κ1) is 14.3. The Morgan fingerprint density at radius 3 is 2.65 bits per heavy atom. The third kappa shape index (κ3) is 4.21. The molecular weight excluding hydrogens is 272 g/mol. The van der Waals surface area contributed by atoms with Crippen LogP contribution >= 0.6 is 11.6 Å². The Hall–Kier alpha value is -2.13. The van der Waals surface area contributed by atoms with Crippen LogP contribution in [0.15, 0.2) is 54.2 Å². The molecule has 1 amide bonds. The second-order valence-corrected chi connectivity index (χ2v) is 4.82. The van der Waals surface area contributed by atoms with Gasteiger partial charge in [0, 0.05) is 16.8 Å². The molecule has 0 aliphatic carbocycles. The first-order valence-electron chi connectivity index (χ1n) is 6.27. The first-order valence-corrected chi connectivity index (χ1v) is 6.65. The van der Waals surface area contributed by atoms with Crippen LogP contribution in [0.4, 0.5) is 0 Å². The second kappa shape index (κ2) is 6.87. The van der Waals surface area contributed by atoms with Crippen LogP contribution in [-0.4, -0.2) is 10.9 Å². The SMILES string of the molecule is C/C(=C\c1ccc(Cl)cc1)C(=O)NCc1ccccn1. The molecule has 1 heterocycles. The number of hydrogen-bond donors (Lipinski definition) is 1. The fourth-order valence-electron chi connectivity index (χ4n) is 1.69. The number of pyridine rings is 1. The number of hydrogen-bond acceptors (Lipinski definition) is 2. The van der Waals surface area contributed by atoms with Gasteiger partial charge < -0.3 is 5.32 Å². The lowest BCUT2D eigenvalue weighted by molar-refractivity contribution is -0.117. The monoisotopic (exact) mass is 286 g/mol. The molecule has 1 aromatic carbocycles. The lowest BCUT2D eigenvalue weighted by Gasteiger charge is -2.05. The fraction of sp³-hybridized carbons (Fsp3) is 0.125. The molecule has 2 rings (SSSR count). The van der Waals surface area contributed by atoms with Crippen molar-refractivity contribution in [3.63, 3.8) is 0 Å². The molecule has 0 aliphatic rings. The number of amides is 1. The van der Waals surface area contributed by atoms with Gasteiger partial charge in [0.1, 0.15) is 0 Å². The van der Waals surface area contributed by atoms with E-state index in [1.165, 1.54) is 0 Å². The minimum absolute atomic E-state index is 0.106. The Balaban J connectivity index is 1.96. The average Bonchev–Trinajstić information content (AvgIpc) is 2.48. The van der Waals surface area contributed by atoms with Crippen molar-refractivity contribution in [3.05, 3.63) is 70.5 Å². The van der Waals surface area contributed by atoms with Gasteiger partial charge in [-0.3, -0.25) is 9.78 Å². The van der Waals surface area contributed by atoms with Gasteiger partial charge in [0.15, 0.2) is 0 Å². The number of nitrogens with zero attached hydrogens (tertiary/aromatic N) is 1. The van der Waals surface area contributed by atoms with Gasteiger partial charge in [0.2, 0.25) is 5.91 Å². The number of benzene rings is 1. The summed E-state index contributed by atoms with van der Waals surface area (Å²) in [7, 11) is 0. The van der Waals surface area contributed by atoms with Crippen molar-refractivity contribution < 1.29 is 4.79 Å². The highest BCUT2D eigenvalue weighted by Crippen LogP contribution is 2.12. The molecule has 0 spiro atoms. The molecule has 0 unspecified atom stereocenters. The zero-order valence-electron chi connectivity index (χ0n) is 11.1. The van der Waals surface area contributed by atoms with E-state index in [-0.39, 0.29) is 5.91 Å². The van der Waals surface area contributed by atoms with Gasteiger partial charge >= 0.3 is 0 Å². The number of carbonyl (C=O) groups is 1. The number of aromatic nitrogens is 1. The maximum Gasteiger partial charge on any atom is 0.247 e. The van der Waals surface area contributed by atoms with E-state index in [2.05, 4.69) is 10.3 Å². The molecule has 2 aromatic rings. The summed E-state index contributed by atoms with van der Waals surface area (Å²) in [6.07, 6.45) is 3.53. The Kier molecular flexibility index (Phi) is 4.91. The molecule has 0 saturated carbocycles. The summed E-state index contributed by atoms with van der Waals surface area (Å²) in [5.41, 5.74) is 2.42. The molecule has 20 heavy (non-hydrogen) atoms. The van der Waals surface area contributed by atoms with Crippen molar-refractivity contribution in [2.45, 2.75) is 13.5 Å². The molecule has 102 valence electrons. The second-order valence-electron chi connectivity index (χ2n) is 4.38. The van der Waals surface area contributed by atoms with Crippen LogP contribution in [0.25, 0.3) is 6.08 Å². The minimum Gasteiger partial charge on any atom is -0.347 e. The number of nitrogens with one attached hydrogen (secondary N) is 1. The molecule has 0 radical (unpaired) electrons. The molecule has 4 heteroatoms. The van der Waals surface area contributed by atoms with Crippen LogP contribution in [-0.2, 0) is 11.3 Å². The maximum absolute atomic E-state index is 12.0. The Labute approximate surface area is 123 Å². The largest absolute Gasteiger partial charge is 0.347 e. The zero-order valence-corrected chi connectivity index (χ0v) is 11.9. The lowest BCUT2D eigenvalue weighted by Crippen LogP contribution is -2.23. The van der Waals surface area contributed by atoms with Crippen molar-refractivity contribution in [2.75, 3.05) is 0 Å². The van der Waals surface area contributed by atoms with Gasteiger partial charge in [0.25, 0.3) is 0 Å². The molecule has 0 aliphatic heterocycles. The maximum atomic E-state index is 12.0. The van der Waals surface area contributed by atoms with Gasteiger partial charge in [-0.15, -0.1) is 0 Å². The third-order valence-electron chi connectivity index (χ3n) is 2.77. The third-order valence-corrected chi connectivity index (χ3v) is 3.02. The van der Waals surface area contributed by atoms with E-state index in [0.717, 1.165) is 11.3 Å². The summed E-state index contributed by atoms with van der Waals surface area (Å²) in [6.45, 7) is 2.20. The predicted molar refractivity (Wildman–Crippen MR) is 81.2 cm³/mol. The zero-order chi connectivity index (χ0) is 14.4. The van der Waals surface area contributed by atoms with Crippen LogP contribution in [0.2, 0.25) is 5.02 Å². The molecule has 1 aromatic heterocycles. The molecular formula is C16H15ClN2O. The van der Waals surface area contributed by atoms with E-state index >= 15 is 0 Å². The van der Waals surface area contributed by atoms with Crippen LogP contribution in [0, 0.1) is 0 Å². The van der Waals surface area contributed by atoms with E-state index in [1.54, 1.807) is 25.3 Å². The quantitative estimate of drug-likeness (QED) is 0.875. The number of carbonyl (C=O) groups excluding carboxylic acids is 1. The lowest BCUT2D eigenvalue weighted by atomic mass is 10.1. The van der Waals surface area contributed by atoms with Crippen LogP contribution < -0.4 is 5.32 Å². The summed E-state index contributed by atoms with van der Waals surface area (Å²) in [5.74, 6) is -0.106. The van der Waals surface area contributed by atoms with Gasteiger partial charge in [-0.05, 0) is 42.8 Å². The standard InChI is InChI=1S/C16H15ClN2O/c1-12(10-13-5-7-14(17)8-6-13)16(20)19-11-15-4-2-3-9-18-15/h2-10H,11H2,1H3,(H,19,20)/b12-10+. The Morgan fingerprint density at radius 2 is 2.00 bits per heavy atom. The van der Waals surface area contributed by atoms with Gasteiger partial charge in [-0.25, -0.2) is 0 Å². The molecule has 3 nitrogen and oxygen atoms in total. The topological polar surface area (TPSA) is 42.0 Å². The van der Waals surface area contributed by atoms with Crippen LogP contribution in [0.3, 0.4) is 0 Å². The first-order chi connectivity index (χ1) is 9.65. The molecule has 0 bridgehead atoms. The fourth-order valence-corrected chi connectivity index (χ4v) is 1.81. The molecule has 0 fully saturated rings. The molecule has 0 saturated heterocycles. The highest BCUT2D eigenvalue weighted by molar-refractivity contribution is 6.30. The summed E-state index contributed by atoms with van der Waals surface area (Å²) in [6, 6.07) is 13.0. The van der Waals surface area contributed by atoms with Gasteiger partial charge in [0.05, 0.1) is 12.2 Å². The normalized spacial score (nSPS) is 11.2. The summed E-state index contributed by atoms with van der Waals surface area (Å²) in [5, 5.41) is 3.51. The van der Waals surface area contributed by atoms with Gasteiger partial charge in [-0.2, -0.15) is 0 Å². The van der Waals surface area contributed by atoms with E-state index < -0.39 is 0 Å². The summed E-state index contributed by atoms with van der Waals surface area (Å²) in [4.78, 5) is 16.1. The molecule has 0 atom stereocenters. The van der Waals surface area contributed by atoms with Gasteiger partial charge in [-0.1, -0.05) is 29.8 Å². The van der Waals surface area contributed by atoms with Crippen molar-refractivity contribution in [3.8, 4) is 0 Å². The van der Waals surface area contributed by atoms with E-state index in [9.17, 15) is 4.79 Å². The summed E-state index contributed by atoms with van der Waals surface area (Å²) < 4.78 is 0. The summed E-state index contributed by atoms with van der Waals surface area (Å²) >= 11 is 5.82. The van der Waals surface area contributed by atoms with E-state index in [1.807, 2.05) is 36.4 Å². The van der Waals surface area contributed by atoms with Crippen molar-refractivity contribution in [2.24, 2.45) is 0 Å². The highest BCUT2D eigenvalue weighted by atomic mass is 35.5. The predicted octanol–water partition coefficient (Wildman–Crippen LogP) is 3.45. The van der Waals surface area contributed by atoms with E-state index in [4.69, 9.17) is 11.6 Å². The van der Waals surface area contributed by atoms with Crippen molar-refractivity contribution in [1.82, 2.24) is 10.3 Å². The smallest absolute Gasteiger partial charge is 0.247 e. The van der Waals surface area contributed by atoms with Crippen LogP contribution in [0.1, 0.15) is 18.2 Å². The number of halogens is 1. The average molecular weight is 287 g/mol. The number of rotatable bonds is 4. The van der Waals surface area contributed by atoms with Crippen molar-refractivity contribution in [1.29, 1.82) is 0 Å². The van der Waals surface area contributed by atoms with E-state index in [0.29, 0.717) is 17.1 Å². The minimum atomic E-state index is -0.106. The van der Waals surface area contributed by atoms with Crippen LogP contribution in [0.5, 0.6) is 0 Å².